The molecular formula is C17H27N3OS. The molecule has 1 saturated carbocycles. The zero-order valence-corrected chi connectivity index (χ0v) is 14.0. The van der Waals surface area contributed by atoms with E-state index >= 15 is 0 Å². The highest BCUT2D eigenvalue weighted by Gasteiger charge is 2.25. The van der Waals surface area contributed by atoms with Gasteiger partial charge in [0.25, 0.3) is 0 Å². The summed E-state index contributed by atoms with van der Waals surface area (Å²) < 4.78 is 0. The summed E-state index contributed by atoms with van der Waals surface area (Å²) in [4.78, 5) is 16.0. The second-order valence-electron chi connectivity index (χ2n) is 6.46. The second kappa shape index (κ2) is 7.97. The van der Waals surface area contributed by atoms with E-state index in [1.165, 1.54) is 37.0 Å². The maximum Gasteiger partial charge on any atom is 0.315 e. The average Bonchev–Trinajstić information content (AvgIpc) is 3.22. The van der Waals surface area contributed by atoms with Gasteiger partial charge in [-0.3, -0.25) is 4.90 Å². The molecule has 0 unspecified atom stereocenters. The zero-order chi connectivity index (χ0) is 15.2. The van der Waals surface area contributed by atoms with Crippen molar-refractivity contribution in [2.24, 2.45) is 0 Å². The van der Waals surface area contributed by atoms with Gasteiger partial charge in [-0.05, 0) is 50.2 Å². The number of nitrogens with zero attached hydrogens (tertiary/aromatic N) is 1. The van der Waals surface area contributed by atoms with Gasteiger partial charge in [0, 0.05) is 17.5 Å². The maximum atomic E-state index is 12.2. The van der Waals surface area contributed by atoms with E-state index in [-0.39, 0.29) is 6.03 Å². The minimum Gasteiger partial charge on any atom is -0.336 e. The van der Waals surface area contributed by atoms with Crippen LogP contribution in [0.4, 0.5) is 4.79 Å². The van der Waals surface area contributed by atoms with Gasteiger partial charge in [0.1, 0.15) is 0 Å². The van der Waals surface area contributed by atoms with E-state index in [2.05, 4.69) is 33.0 Å². The number of hydrogen-bond acceptors (Lipinski definition) is 3. The number of likely N-dealkylation sites (tertiary alicyclic amines) is 1. The van der Waals surface area contributed by atoms with Crippen LogP contribution < -0.4 is 10.6 Å². The summed E-state index contributed by atoms with van der Waals surface area (Å²) in [5, 5.41) is 8.38. The van der Waals surface area contributed by atoms with Crippen molar-refractivity contribution in [3.8, 4) is 0 Å². The van der Waals surface area contributed by atoms with Gasteiger partial charge in [0.15, 0.2) is 0 Å². The largest absolute Gasteiger partial charge is 0.336 e. The van der Waals surface area contributed by atoms with Crippen molar-refractivity contribution in [1.82, 2.24) is 15.5 Å². The number of hydrogen-bond donors (Lipinski definition) is 2. The van der Waals surface area contributed by atoms with Crippen LogP contribution in [0.2, 0.25) is 0 Å². The Morgan fingerprint density at radius 1 is 1.23 bits per heavy atom. The van der Waals surface area contributed by atoms with E-state index in [0.29, 0.717) is 18.6 Å². The average molecular weight is 321 g/mol. The molecule has 2 heterocycles. The molecule has 1 aliphatic heterocycles. The molecule has 0 spiro atoms. The molecule has 1 aliphatic carbocycles. The van der Waals surface area contributed by atoms with E-state index < -0.39 is 0 Å². The first-order valence-corrected chi connectivity index (χ1v) is 9.53. The number of rotatable bonds is 5. The molecule has 2 aliphatic rings. The standard InChI is InChI=1S/C17H27N3OS/c21-17(19-14-7-2-1-3-8-14)18-13-15(16-9-6-12-22-16)20-10-4-5-11-20/h6,9,12,14-15H,1-5,7-8,10-11,13H2,(H2,18,19,21)/t15-/m1/s1. The first-order chi connectivity index (χ1) is 10.8. The summed E-state index contributed by atoms with van der Waals surface area (Å²) in [5.74, 6) is 0. The lowest BCUT2D eigenvalue weighted by Gasteiger charge is -2.28. The smallest absolute Gasteiger partial charge is 0.315 e. The summed E-state index contributed by atoms with van der Waals surface area (Å²) in [6.45, 7) is 3.00. The number of nitrogens with one attached hydrogen (secondary N) is 2. The van der Waals surface area contributed by atoms with Gasteiger partial charge in [0.05, 0.1) is 6.04 Å². The monoisotopic (exact) mass is 321 g/mol. The molecule has 0 radical (unpaired) electrons. The molecule has 5 heteroatoms. The third kappa shape index (κ3) is 4.23. The Balaban J connectivity index is 1.51. The first kappa shape index (κ1) is 15.8. The molecule has 22 heavy (non-hydrogen) atoms. The number of carbonyl (C=O) groups excluding carboxylic acids is 1. The van der Waals surface area contributed by atoms with Crippen LogP contribution in [0.15, 0.2) is 17.5 Å². The predicted molar refractivity (Wildman–Crippen MR) is 91.3 cm³/mol. The summed E-state index contributed by atoms with van der Waals surface area (Å²) in [5.41, 5.74) is 0. The Morgan fingerprint density at radius 2 is 2.00 bits per heavy atom. The molecule has 2 N–H and O–H groups in total. The Labute approximate surface area is 137 Å². The van der Waals surface area contributed by atoms with Crippen LogP contribution in [-0.4, -0.2) is 36.6 Å². The molecule has 0 bridgehead atoms. The number of carbonyl (C=O) groups is 1. The minimum absolute atomic E-state index is 0.00709. The van der Waals surface area contributed by atoms with E-state index in [1.54, 1.807) is 11.3 Å². The summed E-state index contributed by atoms with van der Waals surface area (Å²) in [6, 6.07) is 5.01. The van der Waals surface area contributed by atoms with Crippen molar-refractivity contribution < 1.29 is 4.79 Å². The van der Waals surface area contributed by atoms with Crippen LogP contribution in [-0.2, 0) is 0 Å². The Morgan fingerprint density at radius 3 is 2.68 bits per heavy atom. The first-order valence-electron chi connectivity index (χ1n) is 8.65. The van der Waals surface area contributed by atoms with Crippen molar-refractivity contribution in [2.75, 3.05) is 19.6 Å². The molecular weight excluding hydrogens is 294 g/mol. The van der Waals surface area contributed by atoms with Crippen molar-refractivity contribution in [1.29, 1.82) is 0 Å². The van der Waals surface area contributed by atoms with Gasteiger partial charge in [-0.2, -0.15) is 0 Å². The SMILES string of the molecule is O=C(NC[C@H](c1cccs1)N1CCCC1)NC1CCCCC1. The fourth-order valence-electron chi connectivity index (χ4n) is 3.62. The molecule has 122 valence electrons. The molecule has 1 aromatic rings. The van der Waals surface area contributed by atoms with Gasteiger partial charge in [0.2, 0.25) is 0 Å². The summed E-state index contributed by atoms with van der Waals surface area (Å²) in [6.07, 6.45) is 8.62. The van der Waals surface area contributed by atoms with Crippen LogP contribution in [0.1, 0.15) is 55.9 Å². The Hall–Kier alpha value is -1.07. The minimum atomic E-state index is 0.00709. The molecule has 2 amide bonds. The molecule has 1 atom stereocenters. The van der Waals surface area contributed by atoms with Gasteiger partial charge >= 0.3 is 6.03 Å². The fourth-order valence-corrected chi connectivity index (χ4v) is 4.48. The third-order valence-corrected chi connectivity index (χ3v) is 5.82. The molecule has 2 fully saturated rings. The van der Waals surface area contributed by atoms with Crippen LogP contribution in [0.5, 0.6) is 0 Å². The van der Waals surface area contributed by atoms with Gasteiger partial charge in [-0.25, -0.2) is 4.79 Å². The Bertz CT molecular complexity index is 450. The maximum absolute atomic E-state index is 12.2. The van der Waals surface area contributed by atoms with Crippen LogP contribution in [0.3, 0.4) is 0 Å². The highest BCUT2D eigenvalue weighted by atomic mass is 32.1. The van der Waals surface area contributed by atoms with Crippen molar-refractivity contribution in [2.45, 2.75) is 57.0 Å². The van der Waals surface area contributed by atoms with E-state index in [4.69, 9.17) is 0 Å². The van der Waals surface area contributed by atoms with Crippen LogP contribution in [0.25, 0.3) is 0 Å². The van der Waals surface area contributed by atoms with E-state index in [0.717, 1.165) is 25.9 Å². The molecule has 1 aromatic heterocycles. The topological polar surface area (TPSA) is 44.4 Å². The predicted octanol–water partition coefficient (Wildman–Crippen LogP) is 3.52. The lowest BCUT2D eigenvalue weighted by Crippen LogP contribution is -2.45. The normalized spacial score (nSPS) is 21.6. The third-order valence-electron chi connectivity index (χ3n) is 4.85. The number of amides is 2. The van der Waals surface area contributed by atoms with Crippen molar-refractivity contribution in [3.05, 3.63) is 22.4 Å². The summed E-state index contributed by atoms with van der Waals surface area (Å²) >= 11 is 1.79. The van der Waals surface area contributed by atoms with E-state index in [1.807, 2.05) is 0 Å². The highest BCUT2D eigenvalue weighted by molar-refractivity contribution is 7.10. The second-order valence-corrected chi connectivity index (χ2v) is 7.44. The zero-order valence-electron chi connectivity index (χ0n) is 13.2. The fraction of sp³-hybridized carbons (Fsp3) is 0.706. The quantitative estimate of drug-likeness (QED) is 0.871. The van der Waals surface area contributed by atoms with Crippen molar-refractivity contribution >= 4 is 17.4 Å². The lowest BCUT2D eigenvalue weighted by atomic mass is 9.96. The van der Waals surface area contributed by atoms with Crippen molar-refractivity contribution in [3.63, 3.8) is 0 Å². The summed E-state index contributed by atoms with van der Waals surface area (Å²) in [7, 11) is 0. The van der Waals surface area contributed by atoms with Gasteiger partial charge in [-0.15, -0.1) is 11.3 Å². The molecule has 4 nitrogen and oxygen atoms in total. The molecule has 0 aromatic carbocycles. The number of urea groups is 1. The van der Waals surface area contributed by atoms with Gasteiger partial charge < -0.3 is 10.6 Å². The Kier molecular flexibility index (Phi) is 5.73. The molecule has 3 rings (SSSR count). The molecule has 1 saturated heterocycles. The van der Waals surface area contributed by atoms with Gasteiger partial charge in [-0.1, -0.05) is 25.3 Å². The van der Waals surface area contributed by atoms with E-state index in [9.17, 15) is 4.79 Å². The number of thiophene rings is 1. The van der Waals surface area contributed by atoms with Crippen LogP contribution in [0, 0.1) is 0 Å². The highest BCUT2D eigenvalue weighted by Crippen LogP contribution is 2.27. The van der Waals surface area contributed by atoms with Crippen LogP contribution >= 0.6 is 11.3 Å². The lowest BCUT2D eigenvalue weighted by molar-refractivity contribution is 0.217.